The molecule has 1 aliphatic rings. The molecule has 1 heterocycles. The molecule has 1 unspecified atom stereocenters. The standard InChI is InChI=1S/C15H21BrN2O2/c1-11(15(19)18-6-4-2-3-5-7-18)20-14-9-12(16)8-13(17)10-14/h8-11H,2-7,17H2,1H3. The number of carbonyl (C=O) groups excluding carboxylic acids is 1. The van der Waals surface area contributed by atoms with Gasteiger partial charge in [0.1, 0.15) is 5.75 Å². The monoisotopic (exact) mass is 340 g/mol. The van der Waals surface area contributed by atoms with Gasteiger partial charge in [-0.3, -0.25) is 4.79 Å². The van der Waals surface area contributed by atoms with E-state index in [4.69, 9.17) is 10.5 Å². The van der Waals surface area contributed by atoms with Crippen molar-refractivity contribution in [2.75, 3.05) is 18.8 Å². The molecule has 0 spiro atoms. The highest BCUT2D eigenvalue weighted by Gasteiger charge is 2.22. The molecule has 1 atom stereocenters. The lowest BCUT2D eigenvalue weighted by Crippen LogP contribution is -2.41. The Morgan fingerprint density at radius 1 is 1.25 bits per heavy atom. The zero-order chi connectivity index (χ0) is 14.5. The molecular weight excluding hydrogens is 320 g/mol. The van der Waals surface area contributed by atoms with Crippen molar-refractivity contribution >= 4 is 27.5 Å². The fraction of sp³-hybridized carbons (Fsp3) is 0.533. The smallest absolute Gasteiger partial charge is 0.263 e. The highest BCUT2D eigenvalue weighted by molar-refractivity contribution is 9.10. The average molecular weight is 341 g/mol. The topological polar surface area (TPSA) is 55.6 Å². The van der Waals surface area contributed by atoms with Gasteiger partial charge in [-0.2, -0.15) is 0 Å². The van der Waals surface area contributed by atoms with Crippen molar-refractivity contribution < 1.29 is 9.53 Å². The predicted molar refractivity (Wildman–Crippen MR) is 83.7 cm³/mol. The number of nitrogens with zero attached hydrogens (tertiary/aromatic N) is 1. The Bertz CT molecular complexity index is 451. The number of ether oxygens (including phenoxy) is 1. The molecule has 1 aromatic carbocycles. The highest BCUT2D eigenvalue weighted by Crippen LogP contribution is 2.24. The summed E-state index contributed by atoms with van der Waals surface area (Å²) in [7, 11) is 0. The summed E-state index contributed by atoms with van der Waals surface area (Å²) in [6, 6.07) is 5.35. The van der Waals surface area contributed by atoms with Crippen molar-refractivity contribution in [2.45, 2.75) is 38.7 Å². The zero-order valence-corrected chi connectivity index (χ0v) is 13.4. The number of carbonyl (C=O) groups is 1. The van der Waals surface area contributed by atoms with Gasteiger partial charge in [0.15, 0.2) is 6.10 Å². The molecule has 0 bridgehead atoms. The van der Waals surface area contributed by atoms with E-state index in [1.165, 1.54) is 12.8 Å². The van der Waals surface area contributed by atoms with E-state index < -0.39 is 6.10 Å². The predicted octanol–water partition coefficient (Wildman–Crippen LogP) is 3.20. The van der Waals surface area contributed by atoms with Gasteiger partial charge in [0, 0.05) is 29.3 Å². The van der Waals surface area contributed by atoms with Crippen LogP contribution in [0.4, 0.5) is 5.69 Å². The van der Waals surface area contributed by atoms with E-state index >= 15 is 0 Å². The van der Waals surface area contributed by atoms with Crippen LogP contribution in [-0.4, -0.2) is 30.0 Å². The quantitative estimate of drug-likeness (QED) is 0.859. The van der Waals surface area contributed by atoms with E-state index in [2.05, 4.69) is 15.9 Å². The molecular formula is C15H21BrN2O2. The number of amides is 1. The number of nitrogens with two attached hydrogens (primary N) is 1. The van der Waals surface area contributed by atoms with Gasteiger partial charge in [0.25, 0.3) is 5.91 Å². The van der Waals surface area contributed by atoms with Gasteiger partial charge in [-0.1, -0.05) is 28.8 Å². The first kappa shape index (κ1) is 15.2. The van der Waals surface area contributed by atoms with Crippen molar-refractivity contribution in [1.82, 2.24) is 4.90 Å². The molecule has 20 heavy (non-hydrogen) atoms. The van der Waals surface area contributed by atoms with Crippen LogP contribution < -0.4 is 10.5 Å². The van der Waals surface area contributed by atoms with Crippen molar-refractivity contribution in [3.05, 3.63) is 22.7 Å². The first-order valence-corrected chi connectivity index (χ1v) is 7.87. The third kappa shape index (κ3) is 4.13. The van der Waals surface area contributed by atoms with Crippen molar-refractivity contribution in [3.63, 3.8) is 0 Å². The summed E-state index contributed by atoms with van der Waals surface area (Å²) < 4.78 is 6.58. The normalized spacial score (nSPS) is 17.4. The Morgan fingerprint density at radius 2 is 1.90 bits per heavy atom. The molecule has 1 amide bonds. The molecule has 1 fully saturated rings. The lowest BCUT2D eigenvalue weighted by molar-refractivity contribution is -0.137. The number of benzene rings is 1. The second kappa shape index (κ2) is 6.97. The summed E-state index contributed by atoms with van der Waals surface area (Å²) in [5.41, 5.74) is 6.38. The van der Waals surface area contributed by atoms with Crippen LogP contribution in [0.25, 0.3) is 0 Å². The Labute approximate surface area is 128 Å². The van der Waals surface area contributed by atoms with E-state index in [1.54, 1.807) is 19.1 Å². The van der Waals surface area contributed by atoms with Gasteiger partial charge in [-0.05, 0) is 31.9 Å². The maximum atomic E-state index is 12.4. The van der Waals surface area contributed by atoms with Crippen LogP contribution in [0.15, 0.2) is 22.7 Å². The Hall–Kier alpha value is -1.23. The summed E-state index contributed by atoms with van der Waals surface area (Å²) in [5.74, 6) is 0.679. The fourth-order valence-electron chi connectivity index (χ4n) is 2.46. The van der Waals surface area contributed by atoms with E-state index in [0.717, 1.165) is 30.4 Å². The molecule has 2 N–H and O–H groups in total. The minimum atomic E-state index is -0.484. The van der Waals surface area contributed by atoms with Crippen LogP contribution in [0.2, 0.25) is 0 Å². The second-order valence-corrected chi connectivity index (χ2v) is 6.14. The zero-order valence-electron chi connectivity index (χ0n) is 11.8. The summed E-state index contributed by atoms with van der Waals surface area (Å²) in [5, 5.41) is 0. The van der Waals surface area contributed by atoms with Gasteiger partial charge in [0.05, 0.1) is 0 Å². The van der Waals surface area contributed by atoms with Crippen LogP contribution in [0.1, 0.15) is 32.6 Å². The minimum Gasteiger partial charge on any atom is -0.481 e. The van der Waals surface area contributed by atoms with Crippen molar-refractivity contribution in [3.8, 4) is 5.75 Å². The lowest BCUT2D eigenvalue weighted by Gasteiger charge is -2.24. The molecule has 0 radical (unpaired) electrons. The molecule has 1 saturated heterocycles. The molecule has 110 valence electrons. The molecule has 0 aromatic heterocycles. The number of likely N-dealkylation sites (tertiary alicyclic amines) is 1. The second-order valence-electron chi connectivity index (χ2n) is 5.22. The molecule has 5 heteroatoms. The molecule has 0 saturated carbocycles. The number of nitrogen functional groups attached to an aromatic ring is 1. The Morgan fingerprint density at radius 3 is 2.50 bits per heavy atom. The third-order valence-electron chi connectivity index (χ3n) is 3.47. The summed E-state index contributed by atoms with van der Waals surface area (Å²) >= 11 is 3.37. The largest absolute Gasteiger partial charge is 0.481 e. The van der Waals surface area contributed by atoms with Crippen LogP contribution in [-0.2, 0) is 4.79 Å². The summed E-state index contributed by atoms with van der Waals surface area (Å²) in [6.07, 6.45) is 4.11. The molecule has 1 aliphatic heterocycles. The number of anilines is 1. The number of hydrogen-bond donors (Lipinski definition) is 1. The van der Waals surface area contributed by atoms with Crippen molar-refractivity contribution in [2.24, 2.45) is 0 Å². The van der Waals surface area contributed by atoms with E-state index in [0.29, 0.717) is 11.4 Å². The Balaban J connectivity index is 1.99. The summed E-state index contributed by atoms with van der Waals surface area (Å²) in [4.78, 5) is 14.3. The number of halogens is 1. The highest BCUT2D eigenvalue weighted by atomic mass is 79.9. The van der Waals surface area contributed by atoms with Crippen LogP contribution in [0.3, 0.4) is 0 Å². The maximum Gasteiger partial charge on any atom is 0.263 e. The van der Waals surface area contributed by atoms with Crippen LogP contribution in [0, 0.1) is 0 Å². The SMILES string of the molecule is CC(Oc1cc(N)cc(Br)c1)C(=O)N1CCCCCC1. The van der Waals surface area contributed by atoms with Crippen LogP contribution >= 0.6 is 15.9 Å². The summed E-state index contributed by atoms with van der Waals surface area (Å²) in [6.45, 7) is 3.48. The fourth-order valence-corrected chi connectivity index (χ4v) is 2.95. The number of hydrogen-bond acceptors (Lipinski definition) is 3. The van der Waals surface area contributed by atoms with E-state index in [-0.39, 0.29) is 5.91 Å². The van der Waals surface area contributed by atoms with Gasteiger partial charge in [0.2, 0.25) is 0 Å². The molecule has 4 nitrogen and oxygen atoms in total. The third-order valence-corrected chi connectivity index (χ3v) is 3.93. The first-order valence-electron chi connectivity index (χ1n) is 7.08. The lowest BCUT2D eigenvalue weighted by atomic mass is 10.2. The van der Waals surface area contributed by atoms with Crippen LogP contribution in [0.5, 0.6) is 5.75 Å². The molecule has 0 aliphatic carbocycles. The molecule has 2 rings (SSSR count). The van der Waals surface area contributed by atoms with Gasteiger partial charge >= 0.3 is 0 Å². The van der Waals surface area contributed by atoms with E-state index in [1.807, 2.05) is 11.0 Å². The Kier molecular flexibility index (Phi) is 5.29. The number of rotatable bonds is 3. The van der Waals surface area contributed by atoms with Gasteiger partial charge < -0.3 is 15.4 Å². The average Bonchev–Trinajstić information content (AvgIpc) is 2.65. The van der Waals surface area contributed by atoms with Gasteiger partial charge in [-0.25, -0.2) is 0 Å². The van der Waals surface area contributed by atoms with E-state index in [9.17, 15) is 4.79 Å². The first-order chi connectivity index (χ1) is 9.56. The van der Waals surface area contributed by atoms with Gasteiger partial charge in [-0.15, -0.1) is 0 Å². The molecule has 1 aromatic rings. The maximum absolute atomic E-state index is 12.4. The van der Waals surface area contributed by atoms with Crippen molar-refractivity contribution in [1.29, 1.82) is 0 Å². The minimum absolute atomic E-state index is 0.0606.